The molecule has 1 aliphatic rings. The predicted molar refractivity (Wildman–Crippen MR) is 116 cm³/mol. The summed E-state index contributed by atoms with van der Waals surface area (Å²) in [6.45, 7) is 1.86. The molecule has 1 aromatic heterocycles. The SMILES string of the molecule is O=C(OC(=O)C(F)(F)F)C1CCN(CCc2ccc(Oc3nc4ccccc4s3)cc2)CC1. The third-order valence-electron chi connectivity index (χ3n) is 5.47. The van der Waals surface area contributed by atoms with Gasteiger partial charge in [0, 0.05) is 6.54 Å². The smallest absolute Gasteiger partial charge is 0.431 e. The van der Waals surface area contributed by atoms with Gasteiger partial charge in [0.1, 0.15) is 5.75 Å². The van der Waals surface area contributed by atoms with Gasteiger partial charge in [-0.3, -0.25) is 4.79 Å². The van der Waals surface area contributed by atoms with Gasteiger partial charge in [-0.25, -0.2) is 9.78 Å². The highest BCUT2D eigenvalue weighted by molar-refractivity contribution is 7.20. The monoisotopic (exact) mass is 478 g/mol. The number of benzene rings is 2. The van der Waals surface area contributed by atoms with E-state index in [1.165, 1.54) is 11.3 Å². The minimum absolute atomic E-state index is 0.360. The summed E-state index contributed by atoms with van der Waals surface area (Å²) in [4.78, 5) is 29.2. The third-order valence-corrected chi connectivity index (χ3v) is 6.38. The molecule has 0 radical (unpaired) electrons. The number of hydrogen-bond donors (Lipinski definition) is 0. The Bertz CT molecular complexity index is 1090. The first kappa shape index (κ1) is 23.2. The Kier molecular flexibility index (Phi) is 6.94. The Morgan fingerprint density at radius 1 is 1.06 bits per heavy atom. The van der Waals surface area contributed by atoms with E-state index >= 15 is 0 Å². The maximum absolute atomic E-state index is 12.2. The van der Waals surface area contributed by atoms with E-state index in [1.807, 2.05) is 48.5 Å². The lowest BCUT2D eigenvalue weighted by molar-refractivity contribution is -0.203. The van der Waals surface area contributed by atoms with Crippen LogP contribution < -0.4 is 4.74 Å². The number of halogens is 3. The van der Waals surface area contributed by atoms with Crippen molar-refractivity contribution in [1.29, 1.82) is 0 Å². The number of aromatic nitrogens is 1. The molecule has 33 heavy (non-hydrogen) atoms. The molecule has 174 valence electrons. The van der Waals surface area contributed by atoms with E-state index in [2.05, 4.69) is 14.6 Å². The summed E-state index contributed by atoms with van der Waals surface area (Å²) in [5.74, 6) is -3.54. The number of alkyl halides is 3. The second-order valence-corrected chi connectivity index (χ2v) is 8.76. The summed E-state index contributed by atoms with van der Waals surface area (Å²) in [5, 5.41) is 0.585. The van der Waals surface area contributed by atoms with E-state index in [-0.39, 0.29) is 0 Å². The van der Waals surface area contributed by atoms with Crippen LogP contribution in [0.1, 0.15) is 18.4 Å². The van der Waals surface area contributed by atoms with E-state index in [0.29, 0.717) is 36.9 Å². The number of esters is 2. The Morgan fingerprint density at radius 3 is 2.42 bits per heavy atom. The van der Waals surface area contributed by atoms with E-state index in [9.17, 15) is 22.8 Å². The predicted octanol–water partition coefficient (Wildman–Crippen LogP) is 4.98. The van der Waals surface area contributed by atoms with Crippen molar-refractivity contribution in [2.75, 3.05) is 19.6 Å². The zero-order valence-corrected chi connectivity index (χ0v) is 18.3. The molecular formula is C23H21F3N2O4S. The number of thiazole rings is 1. The summed E-state index contributed by atoms with van der Waals surface area (Å²) in [6, 6.07) is 15.6. The molecule has 0 saturated carbocycles. The lowest BCUT2D eigenvalue weighted by Gasteiger charge is -2.30. The van der Waals surface area contributed by atoms with Gasteiger partial charge in [0.15, 0.2) is 0 Å². The lowest BCUT2D eigenvalue weighted by atomic mass is 9.96. The van der Waals surface area contributed by atoms with Crippen LogP contribution in [0.15, 0.2) is 48.5 Å². The molecular weight excluding hydrogens is 457 g/mol. The molecule has 0 spiro atoms. The van der Waals surface area contributed by atoms with Gasteiger partial charge >= 0.3 is 18.1 Å². The second-order valence-electron chi connectivity index (χ2n) is 7.77. The van der Waals surface area contributed by atoms with Gasteiger partial charge in [0.2, 0.25) is 0 Å². The Labute approximate surface area is 191 Å². The quantitative estimate of drug-likeness (QED) is 0.368. The molecule has 0 amide bonds. The molecule has 2 heterocycles. The summed E-state index contributed by atoms with van der Waals surface area (Å²) in [5.41, 5.74) is 2.02. The zero-order chi connectivity index (χ0) is 23.4. The van der Waals surface area contributed by atoms with E-state index in [4.69, 9.17) is 4.74 Å². The molecule has 0 bridgehead atoms. The first-order valence-corrected chi connectivity index (χ1v) is 11.3. The number of carbonyl (C=O) groups excluding carboxylic acids is 2. The Morgan fingerprint density at radius 2 is 1.76 bits per heavy atom. The van der Waals surface area contributed by atoms with E-state index in [0.717, 1.165) is 28.7 Å². The van der Waals surface area contributed by atoms with Gasteiger partial charge in [-0.15, -0.1) is 0 Å². The third kappa shape index (κ3) is 6.08. The topological polar surface area (TPSA) is 68.7 Å². The summed E-state index contributed by atoms with van der Waals surface area (Å²) in [6.07, 6.45) is -3.66. The lowest BCUT2D eigenvalue weighted by Crippen LogP contribution is -2.39. The van der Waals surface area contributed by atoms with Crippen molar-refractivity contribution >= 4 is 33.5 Å². The first-order chi connectivity index (χ1) is 15.8. The van der Waals surface area contributed by atoms with Gasteiger partial charge in [0.05, 0.1) is 16.1 Å². The number of piperidine rings is 1. The van der Waals surface area contributed by atoms with Crippen molar-refractivity contribution in [1.82, 2.24) is 9.88 Å². The molecule has 1 fully saturated rings. The van der Waals surface area contributed by atoms with Crippen LogP contribution in [0.4, 0.5) is 13.2 Å². The van der Waals surface area contributed by atoms with Crippen LogP contribution in [0, 0.1) is 5.92 Å². The molecule has 0 atom stereocenters. The molecule has 4 rings (SSSR count). The molecule has 1 saturated heterocycles. The summed E-state index contributed by atoms with van der Waals surface area (Å²) >= 11 is 1.48. The van der Waals surface area contributed by atoms with Gasteiger partial charge in [0.25, 0.3) is 5.19 Å². The fourth-order valence-electron chi connectivity index (χ4n) is 3.63. The van der Waals surface area contributed by atoms with Crippen molar-refractivity contribution in [2.45, 2.75) is 25.4 Å². The van der Waals surface area contributed by atoms with Crippen molar-refractivity contribution in [2.24, 2.45) is 5.92 Å². The fraction of sp³-hybridized carbons (Fsp3) is 0.348. The van der Waals surface area contributed by atoms with Gasteiger partial charge in [-0.1, -0.05) is 35.6 Å². The summed E-state index contributed by atoms with van der Waals surface area (Å²) in [7, 11) is 0. The molecule has 0 unspecified atom stereocenters. The fourth-order valence-corrected chi connectivity index (χ4v) is 4.47. The molecule has 0 N–H and O–H groups in total. The molecule has 10 heteroatoms. The number of hydrogen-bond acceptors (Lipinski definition) is 7. The van der Waals surface area contributed by atoms with Gasteiger partial charge in [-0.05, 0) is 62.2 Å². The number of likely N-dealkylation sites (tertiary alicyclic amines) is 1. The maximum atomic E-state index is 12.2. The van der Waals surface area contributed by atoms with E-state index in [1.54, 1.807) is 0 Å². The standard InChI is InChI=1S/C23H21F3N2O4S/c24-23(25,26)21(30)32-20(29)16-10-13-28(14-11-16)12-9-15-5-7-17(8-6-15)31-22-27-18-3-1-2-4-19(18)33-22/h1-8,16H,9-14H2. The normalized spacial score (nSPS) is 15.5. The van der Waals surface area contributed by atoms with Crippen LogP contribution in [-0.4, -0.2) is 47.6 Å². The molecule has 1 aliphatic heterocycles. The number of carbonyl (C=O) groups is 2. The highest BCUT2D eigenvalue weighted by Crippen LogP contribution is 2.31. The maximum Gasteiger partial charge on any atom is 0.491 e. The van der Waals surface area contributed by atoms with Crippen molar-refractivity contribution in [3.05, 3.63) is 54.1 Å². The number of para-hydroxylation sites is 1. The number of nitrogens with zero attached hydrogens (tertiary/aromatic N) is 2. The number of ether oxygens (including phenoxy) is 2. The minimum Gasteiger partial charge on any atom is -0.431 e. The average molecular weight is 478 g/mol. The van der Waals surface area contributed by atoms with Crippen LogP contribution in [-0.2, 0) is 20.7 Å². The first-order valence-electron chi connectivity index (χ1n) is 10.5. The summed E-state index contributed by atoms with van der Waals surface area (Å²) < 4.78 is 47.6. The van der Waals surface area contributed by atoms with Crippen molar-refractivity contribution in [3.63, 3.8) is 0 Å². The highest BCUT2D eigenvalue weighted by atomic mass is 32.1. The Hall–Kier alpha value is -2.98. The van der Waals surface area contributed by atoms with Crippen LogP contribution in [0.2, 0.25) is 0 Å². The van der Waals surface area contributed by atoms with Gasteiger partial charge in [-0.2, -0.15) is 13.2 Å². The van der Waals surface area contributed by atoms with Crippen LogP contribution in [0.25, 0.3) is 10.2 Å². The van der Waals surface area contributed by atoms with Crippen LogP contribution >= 0.6 is 11.3 Å². The average Bonchev–Trinajstić information content (AvgIpc) is 3.20. The number of rotatable bonds is 6. The molecule has 0 aliphatic carbocycles. The van der Waals surface area contributed by atoms with Crippen molar-refractivity contribution < 1.29 is 32.2 Å². The van der Waals surface area contributed by atoms with Crippen LogP contribution in [0.5, 0.6) is 10.9 Å². The zero-order valence-electron chi connectivity index (χ0n) is 17.5. The number of fused-ring (bicyclic) bond motifs is 1. The van der Waals surface area contributed by atoms with Crippen molar-refractivity contribution in [3.8, 4) is 10.9 Å². The Balaban J connectivity index is 1.21. The molecule has 2 aromatic carbocycles. The van der Waals surface area contributed by atoms with Crippen LogP contribution in [0.3, 0.4) is 0 Å². The second kappa shape index (κ2) is 9.88. The largest absolute Gasteiger partial charge is 0.491 e. The highest BCUT2D eigenvalue weighted by Gasteiger charge is 2.43. The minimum atomic E-state index is -5.16. The molecule has 6 nitrogen and oxygen atoms in total. The van der Waals surface area contributed by atoms with Gasteiger partial charge < -0.3 is 14.4 Å². The molecule has 3 aromatic rings. The van der Waals surface area contributed by atoms with E-state index < -0.39 is 24.0 Å².